The quantitative estimate of drug-likeness (QED) is 0.908. The molecule has 2 rings (SSSR count). The van der Waals surface area contributed by atoms with Gasteiger partial charge < -0.3 is 10.5 Å². The first-order valence-corrected chi connectivity index (χ1v) is 5.98. The van der Waals surface area contributed by atoms with E-state index >= 15 is 0 Å². The van der Waals surface area contributed by atoms with Crippen LogP contribution in [-0.2, 0) is 6.54 Å². The highest BCUT2D eigenvalue weighted by Crippen LogP contribution is 2.35. The van der Waals surface area contributed by atoms with Gasteiger partial charge in [0.25, 0.3) is 0 Å². The zero-order valence-electron chi connectivity index (χ0n) is 9.29. The molecule has 0 radical (unpaired) electrons. The zero-order chi connectivity index (χ0) is 13.1. The van der Waals surface area contributed by atoms with E-state index in [-0.39, 0.29) is 11.6 Å². The molecule has 0 aromatic heterocycles. The van der Waals surface area contributed by atoms with E-state index in [4.69, 9.17) is 33.7 Å². The van der Waals surface area contributed by atoms with Crippen molar-refractivity contribution in [1.29, 1.82) is 0 Å². The van der Waals surface area contributed by atoms with Gasteiger partial charge >= 0.3 is 0 Å². The van der Waals surface area contributed by atoms with Crippen LogP contribution in [0.4, 0.5) is 4.39 Å². The molecule has 0 aliphatic heterocycles. The molecule has 0 bridgehead atoms. The Hall–Kier alpha value is -1.29. The molecule has 0 saturated heterocycles. The molecule has 0 heterocycles. The maximum Gasteiger partial charge on any atom is 0.147 e. The molecule has 0 spiro atoms. The Kier molecular flexibility index (Phi) is 4.07. The molecule has 0 unspecified atom stereocenters. The summed E-state index contributed by atoms with van der Waals surface area (Å²) >= 11 is 11.9. The van der Waals surface area contributed by atoms with Gasteiger partial charge in [-0.2, -0.15) is 0 Å². The van der Waals surface area contributed by atoms with Crippen molar-refractivity contribution in [3.05, 3.63) is 57.8 Å². The largest absolute Gasteiger partial charge is 0.455 e. The summed E-state index contributed by atoms with van der Waals surface area (Å²) in [4.78, 5) is 0. The van der Waals surface area contributed by atoms with E-state index < -0.39 is 5.82 Å². The number of ether oxygens (including phenoxy) is 1. The van der Waals surface area contributed by atoms with Crippen molar-refractivity contribution in [3.8, 4) is 11.5 Å². The summed E-state index contributed by atoms with van der Waals surface area (Å²) in [5.74, 6) is 0.291. The summed E-state index contributed by atoms with van der Waals surface area (Å²) in [6, 6.07) is 9.50. The lowest BCUT2D eigenvalue weighted by Gasteiger charge is -2.12. The molecule has 0 atom stereocenters. The fourth-order valence-electron chi connectivity index (χ4n) is 1.51. The lowest BCUT2D eigenvalue weighted by molar-refractivity contribution is 0.467. The molecule has 2 nitrogen and oxygen atoms in total. The van der Waals surface area contributed by atoms with E-state index in [1.807, 2.05) is 0 Å². The van der Waals surface area contributed by atoms with Crippen molar-refractivity contribution in [2.24, 2.45) is 5.73 Å². The number of nitrogens with two attached hydrogens (primary N) is 1. The molecule has 2 aromatic carbocycles. The Morgan fingerprint density at radius 3 is 2.44 bits per heavy atom. The van der Waals surface area contributed by atoms with Gasteiger partial charge in [0.15, 0.2) is 0 Å². The standard InChI is InChI=1S/C13H10Cl2FNO/c14-9-3-1-6-12(13(9)15)18-11-5-2-4-10(16)8(11)7-17/h1-6H,7,17H2. The number of hydrogen-bond donors (Lipinski definition) is 1. The first kappa shape index (κ1) is 13.1. The molecule has 18 heavy (non-hydrogen) atoms. The second kappa shape index (κ2) is 5.57. The third-order valence-electron chi connectivity index (χ3n) is 2.42. The molecular formula is C13H10Cl2FNO. The summed E-state index contributed by atoms with van der Waals surface area (Å²) in [7, 11) is 0. The van der Waals surface area contributed by atoms with E-state index in [9.17, 15) is 4.39 Å². The monoisotopic (exact) mass is 285 g/mol. The Balaban J connectivity index is 2.40. The summed E-state index contributed by atoms with van der Waals surface area (Å²) in [5.41, 5.74) is 5.79. The molecule has 0 aliphatic rings. The summed E-state index contributed by atoms with van der Waals surface area (Å²) in [5, 5.41) is 0.659. The molecule has 2 N–H and O–H groups in total. The highest BCUT2D eigenvalue weighted by Gasteiger charge is 2.11. The highest BCUT2D eigenvalue weighted by molar-refractivity contribution is 6.42. The average Bonchev–Trinajstić information content (AvgIpc) is 2.35. The Bertz CT molecular complexity index is 575. The first-order chi connectivity index (χ1) is 8.63. The second-order valence-electron chi connectivity index (χ2n) is 3.57. The van der Waals surface area contributed by atoms with Gasteiger partial charge in [-0.3, -0.25) is 0 Å². The van der Waals surface area contributed by atoms with Crippen LogP contribution in [0.15, 0.2) is 36.4 Å². The fraction of sp³-hybridized carbons (Fsp3) is 0.0769. The van der Waals surface area contributed by atoms with Crippen molar-refractivity contribution in [2.45, 2.75) is 6.54 Å². The number of halogens is 3. The first-order valence-electron chi connectivity index (χ1n) is 5.23. The molecule has 94 valence electrons. The lowest BCUT2D eigenvalue weighted by atomic mass is 10.2. The zero-order valence-corrected chi connectivity index (χ0v) is 10.8. The average molecular weight is 286 g/mol. The van der Waals surface area contributed by atoms with Gasteiger partial charge in [0.2, 0.25) is 0 Å². The van der Waals surface area contributed by atoms with Crippen LogP contribution in [0, 0.1) is 5.82 Å². The number of hydrogen-bond acceptors (Lipinski definition) is 2. The van der Waals surface area contributed by atoms with Crippen LogP contribution in [0.1, 0.15) is 5.56 Å². The predicted octanol–water partition coefficient (Wildman–Crippen LogP) is 4.38. The molecule has 0 amide bonds. The Labute approximate surface area is 114 Å². The van der Waals surface area contributed by atoms with Gasteiger partial charge in [-0.25, -0.2) is 4.39 Å². The molecule has 0 saturated carbocycles. The van der Waals surface area contributed by atoms with Crippen LogP contribution >= 0.6 is 23.2 Å². The minimum absolute atomic E-state index is 0.0419. The van der Waals surface area contributed by atoms with Crippen molar-refractivity contribution in [2.75, 3.05) is 0 Å². The van der Waals surface area contributed by atoms with Crippen LogP contribution in [-0.4, -0.2) is 0 Å². The normalized spacial score (nSPS) is 10.4. The van der Waals surface area contributed by atoms with Crippen LogP contribution in [0.25, 0.3) is 0 Å². The number of rotatable bonds is 3. The molecular weight excluding hydrogens is 276 g/mol. The van der Waals surface area contributed by atoms with Gasteiger partial charge in [-0.15, -0.1) is 0 Å². The van der Waals surface area contributed by atoms with Gasteiger partial charge in [0.1, 0.15) is 22.3 Å². The fourth-order valence-corrected chi connectivity index (χ4v) is 1.84. The summed E-state index contributed by atoms with van der Waals surface area (Å²) < 4.78 is 19.1. The summed E-state index contributed by atoms with van der Waals surface area (Å²) in [6.07, 6.45) is 0. The predicted molar refractivity (Wildman–Crippen MR) is 70.8 cm³/mol. The maximum atomic E-state index is 13.5. The Morgan fingerprint density at radius 2 is 1.72 bits per heavy atom. The summed E-state index contributed by atoms with van der Waals surface area (Å²) in [6.45, 7) is 0.0419. The maximum absolute atomic E-state index is 13.5. The van der Waals surface area contributed by atoms with Crippen LogP contribution in [0.5, 0.6) is 11.5 Å². The third-order valence-corrected chi connectivity index (χ3v) is 3.22. The smallest absolute Gasteiger partial charge is 0.147 e. The van der Waals surface area contributed by atoms with E-state index in [1.54, 1.807) is 30.3 Å². The molecule has 0 fully saturated rings. The van der Waals surface area contributed by atoms with Gasteiger partial charge in [0, 0.05) is 12.1 Å². The van der Waals surface area contributed by atoms with E-state index in [0.29, 0.717) is 22.1 Å². The van der Waals surface area contributed by atoms with Gasteiger partial charge in [0.05, 0.1) is 5.02 Å². The highest BCUT2D eigenvalue weighted by atomic mass is 35.5. The molecule has 2 aromatic rings. The van der Waals surface area contributed by atoms with Crippen molar-refractivity contribution in [3.63, 3.8) is 0 Å². The number of benzene rings is 2. The van der Waals surface area contributed by atoms with Crippen molar-refractivity contribution >= 4 is 23.2 Å². The van der Waals surface area contributed by atoms with Crippen molar-refractivity contribution in [1.82, 2.24) is 0 Å². The van der Waals surface area contributed by atoms with Crippen LogP contribution < -0.4 is 10.5 Å². The Morgan fingerprint density at radius 1 is 1.06 bits per heavy atom. The van der Waals surface area contributed by atoms with Gasteiger partial charge in [-0.1, -0.05) is 35.3 Å². The third kappa shape index (κ3) is 2.58. The molecule has 0 aliphatic carbocycles. The van der Waals surface area contributed by atoms with Gasteiger partial charge in [-0.05, 0) is 24.3 Å². The van der Waals surface area contributed by atoms with Crippen molar-refractivity contribution < 1.29 is 9.13 Å². The van der Waals surface area contributed by atoms with E-state index in [0.717, 1.165) is 0 Å². The second-order valence-corrected chi connectivity index (χ2v) is 4.36. The van der Waals surface area contributed by atoms with E-state index in [2.05, 4.69) is 0 Å². The minimum Gasteiger partial charge on any atom is -0.455 e. The molecule has 5 heteroatoms. The van der Waals surface area contributed by atoms with Crippen LogP contribution in [0.2, 0.25) is 10.0 Å². The topological polar surface area (TPSA) is 35.2 Å². The van der Waals surface area contributed by atoms with Crippen LogP contribution in [0.3, 0.4) is 0 Å². The van der Waals surface area contributed by atoms with E-state index in [1.165, 1.54) is 6.07 Å². The minimum atomic E-state index is -0.409. The lowest BCUT2D eigenvalue weighted by Crippen LogP contribution is -2.02. The SMILES string of the molecule is NCc1c(F)cccc1Oc1cccc(Cl)c1Cl.